The molecule has 0 fully saturated rings. The number of hydrogen-bond acceptors (Lipinski definition) is 4. The predicted octanol–water partition coefficient (Wildman–Crippen LogP) is 0.357. The van der Waals surface area contributed by atoms with Crippen LogP contribution in [-0.4, -0.2) is 39.6 Å². The van der Waals surface area contributed by atoms with Crippen LogP contribution in [-0.2, 0) is 10.2 Å². The van der Waals surface area contributed by atoms with Gasteiger partial charge in [-0.15, -0.1) is 5.10 Å². The van der Waals surface area contributed by atoms with Crippen LogP contribution in [0.1, 0.15) is 51.1 Å². The standard InChI is InChI=1S/C12H21N5O2/c1-6-13-9(18)7(2)14-10(19)8-15-11(17-16-8)12(3,4)5/h7H,6H2,1-5H3,(H,13,18)(H,14,19)(H,15,16,17). The minimum Gasteiger partial charge on any atom is -0.355 e. The van der Waals surface area contributed by atoms with Crippen LogP contribution in [0.15, 0.2) is 0 Å². The molecule has 1 atom stereocenters. The summed E-state index contributed by atoms with van der Waals surface area (Å²) in [5, 5.41) is 11.8. The highest BCUT2D eigenvalue weighted by molar-refractivity contribution is 5.94. The van der Waals surface area contributed by atoms with Crippen molar-refractivity contribution in [1.29, 1.82) is 0 Å². The SMILES string of the molecule is CCNC(=O)C(C)NC(=O)c1n[nH]c(C(C)(C)C)n1. The van der Waals surface area contributed by atoms with Crippen LogP contribution in [0, 0.1) is 0 Å². The molecule has 0 radical (unpaired) electrons. The van der Waals surface area contributed by atoms with Gasteiger partial charge in [0.25, 0.3) is 5.91 Å². The summed E-state index contributed by atoms with van der Waals surface area (Å²) < 4.78 is 0. The van der Waals surface area contributed by atoms with Crippen molar-refractivity contribution in [3.05, 3.63) is 11.6 Å². The minimum atomic E-state index is -0.621. The first kappa shape index (κ1) is 15.1. The average molecular weight is 267 g/mol. The molecule has 3 N–H and O–H groups in total. The number of rotatable bonds is 4. The van der Waals surface area contributed by atoms with E-state index < -0.39 is 11.9 Å². The van der Waals surface area contributed by atoms with Crippen LogP contribution in [0.25, 0.3) is 0 Å². The number of nitrogens with zero attached hydrogens (tertiary/aromatic N) is 2. The molecule has 1 rings (SSSR count). The maximum absolute atomic E-state index is 11.9. The van der Waals surface area contributed by atoms with Crippen molar-refractivity contribution < 1.29 is 9.59 Å². The topological polar surface area (TPSA) is 99.8 Å². The third-order valence-corrected chi connectivity index (χ3v) is 2.49. The molecule has 0 aliphatic heterocycles. The molecular formula is C12H21N5O2. The zero-order valence-corrected chi connectivity index (χ0v) is 12.0. The van der Waals surface area contributed by atoms with Crippen molar-refractivity contribution >= 4 is 11.8 Å². The fourth-order valence-corrected chi connectivity index (χ4v) is 1.35. The van der Waals surface area contributed by atoms with Gasteiger partial charge in [0, 0.05) is 12.0 Å². The minimum absolute atomic E-state index is 0.0427. The summed E-state index contributed by atoms with van der Waals surface area (Å²) in [5.74, 6) is -0.0303. The third kappa shape index (κ3) is 4.04. The van der Waals surface area contributed by atoms with Gasteiger partial charge in [-0.1, -0.05) is 20.8 Å². The second-order valence-electron chi connectivity index (χ2n) is 5.35. The van der Waals surface area contributed by atoms with Crippen LogP contribution in [0.3, 0.4) is 0 Å². The number of aromatic nitrogens is 3. The Hall–Kier alpha value is -1.92. The second kappa shape index (κ2) is 5.81. The Morgan fingerprint density at radius 3 is 2.47 bits per heavy atom. The molecule has 0 aliphatic carbocycles. The quantitative estimate of drug-likeness (QED) is 0.733. The molecule has 2 amide bonds. The van der Waals surface area contributed by atoms with E-state index in [1.807, 2.05) is 27.7 Å². The molecule has 7 heteroatoms. The Balaban J connectivity index is 2.69. The second-order valence-corrected chi connectivity index (χ2v) is 5.35. The number of H-pyrrole nitrogens is 1. The third-order valence-electron chi connectivity index (χ3n) is 2.49. The molecule has 1 aromatic heterocycles. The van der Waals surface area contributed by atoms with Crippen LogP contribution >= 0.6 is 0 Å². The lowest BCUT2D eigenvalue weighted by molar-refractivity contribution is -0.122. The molecule has 1 unspecified atom stereocenters. The maximum Gasteiger partial charge on any atom is 0.291 e. The summed E-state index contributed by atoms with van der Waals surface area (Å²) in [5.41, 5.74) is -0.212. The highest BCUT2D eigenvalue weighted by Crippen LogP contribution is 2.17. The highest BCUT2D eigenvalue weighted by Gasteiger charge is 2.23. The maximum atomic E-state index is 11.9. The zero-order valence-electron chi connectivity index (χ0n) is 12.0. The van der Waals surface area contributed by atoms with E-state index in [2.05, 4.69) is 25.8 Å². The van der Waals surface area contributed by atoms with Crippen molar-refractivity contribution in [3.63, 3.8) is 0 Å². The van der Waals surface area contributed by atoms with E-state index in [4.69, 9.17) is 0 Å². The van der Waals surface area contributed by atoms with Crippen LogP contribution < -0.4 is 10.6 Å². The summed E-state index contributed by atoms with van der Waals surface area (Å²) >= 11 is 0. The number of carbonyl (C=O) groups excluding carboxylic acids is 2. The van der Waals surface area contributed by atoms with Gasteiger partial charge in [-0.2, -0.15) is 0 Å². The number of hydrogen-bond donors (Lipinski definition) is 3. The van der Waals surface area contributed by atoms with E-state index in [1.165, 1.54) is 0 Å². The van der Waals surface area contributed by atoms with Gasteiger partial charge in [0.15, 0.2) is 0 Å². The molecule has 1 heterocycles. The van der Waals surface area contributed by atoms with Gasteiger partial charge in [-0.25, -0.2) is 4.98 Å². The number of amides is 2. The number of aromatic amines is 1. The lowest BCUT2D eigenvalue weighted by atomic mass is 9.96. The van der Waals surface area contributed by atoms with E-state index in [9.17, 15) is 9.59 Å². The summed E-state index contributed by atoms with van der Waals surface area (Å²) in [4.78, 5) is 27.5. The van der Waals surface area contributed by atoms with E-state index >= 15 is 0 Å². The van der Waals surface area contributed by atoms with Gasteiger partial charge >= 0.3 is 0 Å². The van der Waals surface area contributed by atoms with Crippen LogP contribution in [0.5, 0.6) is 0 Å². The van der Waals surface area contributed by atoms with E-state index in [1.54, 1.807) is 6.92 Å². The summed E-state index contributed by atoms with van der Waals surface area (Å²) in [6, 6.07) is -0.621. The number of nitrogens with one attached hydrogen (secondary N) is 3. The van der Waals surface area contributed by atoms with E-state index in [-0.39, 0.29) is 17.1 Å². The van der Waals surface area contributed by atoms with Crippen LogP contribution in [0.4, 0.5) is 0 Å². The summed E-state index contributed by atoms with van der Waals surface area (Å²) in [6.45, 7) is 9.84. The molecule has 106 valence electrons. The van der Waals surface area contributed by atoms with Crippen LogP contribution in [0.2, 0.25) is 0 Å². The molecule has 7 nitrogen and oxygen atoms in total. The van der Waals surface area contributed by atoms with Crippen molar-refractivity contribution in [2.75, 3.05) is 6.54 Å². The number of carbonyl (C=O) groups is 2. The van der Waals surface area contributed by atoms with Gasteiger partial charge in [-0.05, 0) is 13.8 Å². The fraction of sp³-hybridized carbons (Fsp3) is 0.667. The molecular weight excluding hydrogens is 246 g/mol. The molecule has 0 aromatic carbocycles. The van der Waals surface area contributed by atoms with Crippen molar-refractivity contribution in [1.82, 2.24) is 25.8 Å². The lowest BCUT2D eigenvalue weighted by Crippen LogP contribution is -2.45. The zero-order chi connectivity index (χ0) is 14.6. The Morgan fingerprint density at radius 2 is 2.00 bits per heavy atom. The molecule has 0 saturated heterocycles. The van der Waals surface area contributed by atoms with Gasteiger partial charge in [0.1, 0.15) is 11.9 Å². The summed E-state index contributed by atoms with van der Waals surface area (Å²) in [7, 11) is 0. The van der Waals surface area contributed by atoms with Crippen molar-refractivity contribution in [2.45, 2.75) is 46.1 Å². The van der Waals surface area contributed by atoms with E-state index in [0.29, 0.717) is 12.4 Å². The van der Waals surface area contributed by atoms with Crippen molar-refractivity contribution in [3.8, 4) is 0 Å². The molecule has 0 bridgehead atoms. The first-order valence-electron chi connectivity index (χ1n) is 6.27. The Labute approximate surface area is 112 Å². The Kier molecular flexibility index (Phi) is 4.63. The lowest BCUT2D eigenvalue weighted by Gasteiger charge is -2.13. The molecule has 19 heavy (non-hydrogen) atoms. The largest absolute Gasteiger partial charge is 0.355 e. The molecule has 0 aliphatic rings. The van der Waals surface area contributed by atoms with Crippen molar-refractivity contribution in [2.24, 2.45) is 0 Å². The highest BCUT2D eigenvalue weighted by atomic mass is 16.2. The smallest absolute Gasteiger partial charge is 0.291 e. The van der Waals surface area contributed by atoms with Gasteiger partial charge in [0.2, 0.25) is 11.7 Å². The van der Waals surface area contributed by atoms with Gasteiger partial charge in [0.05, 0.1) is 0 Å². The van der Waals surface area contributed by atoms with Gasteiger partial charge in [-0.3, -0.25) is 14.7 Å². The monoisotopic (exact) mass is 267 g/mol. The van der Waals surface area contributed by atoms with Gasteiger partial charge < -0.3 is 10.6 Å². The predicted molar refractivity (Wildman–Crippen MR) is 70.7 cm³/mol. The Bertz CT molecular complexity index is 461. The average Bonchev–Trinajstić information content (AvgIpc) is 2.78. The number of likely N-dealkylation sites (N-methyl/N-ethyl adjacent to an activating group) is 1. The van der Waals surface area contributed by atoms with E-state index in [0.717, 1.165) is 0 Å². The first-order chi connectivity index (χ1) is 8.75. The normalized spacial score (nSPS) is 12.9. The summed E-state index contributed by atoms with van der Waals surface area (Å²) in [6.07, 6.45) is 0. The Morgan fingerprint density at radius 1 is 1.37 bits per heavy atom. The first-order valence-corrected chi connectivity index (χ1v) is 6.27. The fourth-order valence-electron chi connectivity index (χ4n) is 1.35. The molecule has 0 saturated carbocycles. The molecule has 0 spiro atoms. The molecule has 1 aromatic rings.